The van der Waals surface area contributed by atoms with Gasteiger partial charge >= 0.3 is 0 Å². The Labute approximate surface area is 89.4 Å². The Morgan fingerprint density at radius 3 is 2.00 bits per heavy atom. The fraction of sp³-hybridized carbons (Fsp3) is 0.917. The molecular formula is C12H26N2. The second-order valence-electron chi connectivity index (χ2n) is 4.97. The summed E-state index contributed by atoms with van der Waals surface area (Å²) in [4.78, 5) is 6.79. The predicted octanol–water partition coefficient (Wildman–Crippen LogP) is 3.04. The van der Waals surface area contributed by atoms with Crippen molar-refractivity contribution in [3.8, 4) is 0 Å². The van der Waals surface area contributed by atoms with Crippen molar-refractivity contribution >= 4 is 5.84 Å². The third-order valence-corrected chi connectivity index (χ3v) is 2.11. The van der Waals surface area contributed by atoms with Crippen molar-refractivity contribution in [2.45, 2.75) is 40.5 Å². The third kappa shape index (κ3) is 6.93. The molecule has 84 valence electrons. The van der Waals surface area contributed by atoms with Crippen molar-refractivity contribution in [3.05, 3.63) is 0 Å². The average Bonchev–Trinajstić information content (AvgIpc) is 2.00. The van der Waals surface area contributed by atoms with Crippen molar-refractivity contribution in [2.75, 3.05) is 20.6 Å². The summed E-state index contributed by atoms with van der Waals surface area (Å²) < 4.78 is 0. The first-order valence-corrected chi connectivity index (χ1v) is 5.64. The standard InChI is InChI=1S/C12H26N2/c1-10(2)7-8-13-12(14(5)6)9-11(3)4/h10-11H,7-9H2,1-6H3. The van der Waals surface area contributed by atoms with Gasteiger partial charge in [-0.05, 0) is 18.3 Å². The largest absolute Gasteiger partial charge is 0.366 e. The molecule has 0 aliphatic carbocycles. The SMILES string of the molecule is CC(C)CCN=C(CC(C)C)N(C)C. The Morgan fingerprint density at radius 2 is 1.64 bits per heavy atom. The van der Waals surface area contributed by atoms with E-state index >= 15 is 0 Å². The summed E-state index contributed by atoms with van der Waals surface area (Å²) in [5, 5.41) is 0. The maximum Gasteiger partial charge on any atom is 0.0986 e. The van der Waals surface area contributed by atoms with Crippen LogP contribution >= 0.6 is 0 Å². The molecule has 0 aromatic carbocycles. The highest BCUT2D eigenvalue weighted by Crippen LogP contribution is 2.05. The normalized spacial score (nSPS) is 12.7. The van der Waals surface area contributed by atoms with E-state index in [0.717, 1.165) is 18.9 Å². The maximum atomic E-state index is 4.65. The van der Waals surface area contributed by atoms with Gasteiger partial charge in [0.05, 0.1) is 5.84 Å². The van der Waals surface area contributed by atoms with Gasteiger partial charge in [-0.2, -0.15) is 0 Å². The van der Waals surface area contributed by atoms with Crippen LogP contribution in [-0.2, 0) is 0 Å². The molecule has 0 aliphatic rings. The summed E-state index contributed by atoms with van der Waals surface area (Å²) in [5.41, 5.74) is 0. The first-order chi connectivity index (χ1) is 6.43. The van der Waals surface area contributed by atoms with Crippen LogP contribution in [0.15, 0.2) is 4.99 Å². The van der Waals surface area contributed by atoms with E-state index in [0.29, 0.717) is 5.92 Å². The lowest BCUT2D eigenvalue weighted by atomic mass is 10.1. The van der Waals surface area contributed by atoms with Crippen LogP contribution in [0.1, 0.15) is 40.5 Å². The number of aliphatic imine (C=N–C) groups is 1. The number of hydrogen-bond donors (Lipinski definition) is 0. The Morgan fingerprint density at radius 1 is 1.07 bits per heavy atom. The van der Waals surface area contributed by atoms with E-state index in [1.54, 1.807) is 0 Å². The molecule has 0 aromatic heterocycles. The van der Waals surface area contributed by atoms with Gasteiger partial charge in [0.1, 0.15) is 0 Å². The first kappa shape index (κ1) is 13.5. The van der Waals surface area contributed by atoms with Gasteiger partial charge in [0.25, 0.3) is 0 Å². The molecule has 14 heavy (non-hydrogen) atoms. The van der Waals surface area contributed by atoms with E-state index in [-0.39, 0.29) is 0 Å². The van der Waals surface area contributed by atoms with Crippen LogP contribution in [0.3, 0.4) is 0 Å². The molecule has 0 aliphatic heterocycles. The van der Waals surface area contributed by atoms with Gasteiger partial charge in [-0.3, -0.25) is 4.99 Å². The molecule has 0 saturated carbocycles. The highest BCUT2D eigenvalue weighted by Gasteiger charge is 2.04. The maximum absolute atomic E-state index is 4.65. The van der Waals surface area contributed by atoms with Gasteiger partial charge < -0.3 is 4.90 Å². The highest BCUT2D eigenvalue weighted by molar-refractivity contribution is 5.81. The summed E-state index contributed by atoms with van der Waals surface area (Å²) >= 11 is 0. The zero-order valence-corrected chi connectivity index (χ0v) is 10.7. The molecule has 2 heteroatoms. The van der Waals surface area contributed by atoms with Crippen molar-refractivity contribution < 1.29 is 0 Å². The fourth-order valence-electron chi connectivity index (χ4n) is 1.21. The van der Waals surface area contributed by atoms with E-state index in [1.165, 1.54) is 12.3 Å². The van der Waals surface area contributed by atoms with Crippen LogP contribution in [0.5, 0.6) is 0 Å². The highest BCUT2D eigenvalue weighted by atomic mass is 15.1. The number of nitrogens with zero attached hydrogens (tertiary/aromatic N) is 2. The summed E-state index contributed by atoms with van der Waals surface area (Å²) in [5.74, 6) is 2.68. The number of rotatable bonds is 5. The Hall–Kier alpha value is -0.530. The zero-order chi connectivity index (χ0) is 11.1. The fourth-order valence-corrected chi connectivity index (χ4v) is 1.21. The molecule has 2 nitrogen and oxygen atoms in total. The number of amidine groups is 1. The Bertz CT molecular complexity index is 169. The van der Waals surface area contributed by atoms with Crippen LogP contribution in [0.2, 0.25) is 0 Å². The molecule has 0 fully saturated rings. The lowest BCUT2D eigenvalue weighted by Gasteiger charge is -2.18. The zero-order valence-electron chi connectivity index (χ0n) is 10.7. The molecule has 0 rings (SSSR count). The van der Waals surface area contributed by atoms with Gasteiger partial charge in [0.2, 0.25) is 0 Å². The van der Waals surface area contributed by atoms with Gasteiger partial charge in [0.15, 0.2) is 0 Å². The van der Waals surface area contributed by atoms with E-state index in [9.17, 15) is 0 Å². The third-order valence-electron chi connectivity index (χ3n) is 2.11. The molecule has 0 spiro atoms. The molecule has 0 N–H and O–H groups in total. The van der Waals surface area contributed by atoms with E-state index < -0.39 is 0 Å². The summed E-state index contributed by atoms with van der Waals surface area (Å²) in [6, 6.07) is 0. The smallest absolute Gasteiger partial charge is 0.0986 e. The second kappa shape index (κ2) is 6.86. The summed E-state index contributed by atoms with van der Waals surface area (Å²) in [7, 11) is 4.16. The van der Waals surface area contributed by atoms with Gasteiger partial charge in [-0.25, -0.2) is 0 Å². The Balaban J connectivity index is 4.05. The van der Waals surface area contributed by atoms with Gasteiger partial charge in [-0.15, -0.1) is 0 Å². The van der Waals surface area contributed by atoms with Crippen LogP contribution in [0, 0.1) is 11.8 Å². The van der Waals surface area contributed by atoms with Crippen molar-refractivity contribution in [1.82, 2.24) is 4.90 Å². The van der Waals surface area contributed by atoms with Gasteiger partial charge in [-0.1, -0.05) is 27.7 Å². The predicted molar refractivity (Wildman–Crippen MR) is 64.9 cm³/mol. The molecular weight excluding hydrogens is 172 g/mol. The monoisotopic (exact) mass is 198 g/mol. The molecule has 0 bridgehead atoms. The van der Waals surface area contributed by atoms with Gasteiger partial charge in [0, 0.05) is 27.1 Å². The lowest BCUT2D eigenvalue weighted by molar-refractivity contribution is 0.549. The van der Waals surface area contributed by atoms with Crippen LogP contribution in [-0.4, -0.2) is 31.4 Å². The molecule has 0 radical (unpaired) electrons. The van der Waals surface area contributed by atoms with E-state index in [4.69, 9.17) is 0 Å². The molecule has 0 heterocycles. The minimum atomic E-state index is 0.690. The van der Waals surface area contributed by atoms with E-state index in [2.05, 4.69) is 51.7 Å². The van der Waals surface area contributed by atoms with Crippen LogP contribution < -0.4 is 0 Å². The second-order valence-corrected chi connectivity index (χ2v) is 4.97. The van der Waals surface area contributed by atoms with Crippen molar-refractivity contribution in [1.29, 1.82) is 0 Å². The first-order valence-electron chi connectivity index (χ1n) is 5.64. The van der Waals surface area contributed by atoms with Crippen molar-refractivity contribution in [3.63, 3.8) is 0 Å². The lowest BCUT2D eigenvalue weighted by Crippen LogP contribution is -2.24. The minimum Gasteiger partial charge on any atom is -0.366 e. The quantitative estimate of drug-likeness (QED) is 0.490. The summed E-state index contributed by atoms with van der Waals surface area (Å²) in [6.07, 6.45) is 2.28. The molecule has 0 unspecified atom stereocenters. The van der Waals surface area contributed by atoms with Crippen LogP contribution in [0.4, 0.5) is 0 Å². The number of hydrogen-bond acceptors (Lipinski definition) is 1. The Kier molecular flexibility index (Phi) is 6.60. The molecule has 0 amide bonds. The van der Waals surface area contributed by atoms with E-state index in [1.807, 2.05) is 0 Å². The summed E-state index contributed by atoms with van der Waals surface area (Å²) in [6.45, 7) is 9.93. The minimum absolute atomic E-state index is 0.690. The van der Waals surface area contributed by atoms with Crippen molar-refractivity contribution in [2.24, 2.45) is 16.8 Å². The molecule has 0 aromatic rings. The van der Waals surface area contributed by atoms with Crippen LogP contribution in [0.25, 0.3) is 0 Å². The molecule has 0 saturated heterocycles. The molecule has 0 atom stereocenters. The average molecular weight is 198 g/mol. The topological polar surface area (TPSA) is 15.6 Å².